The standard InChI is InChI=1S/C11H20O2/c1-3-11(12)13-9(2)8-10-6-4-5-7-10/h9-10H,3-8H2,1-2H3. The van der Waals surface area contributed by atoms with E-state index in [4.69, 9.17) is 4.74 Å². The smallest absolute Gasteiger partial charge is 0.305 e. The van der Waals surface area contributed by atoms with Crippen LogP contribution in [0.4, 0.5) is 0 Å². The Labute approximate surface area is 80.7 Å². The van der Waals surface area contributed by atoms with E-state index in [0.29, 0.717) is 6.42 Å². The monoisotopic (exact) mass is 184 g/mol. The zero-order valence-corrected chi connectivity index (χ0v) is 8.71. The first-order valence-corrected chi connectivity index (χ1v) is 5.41. The first-order chi connectivity index (χ1) is 6.22. The quantitative estimate of drug-likeness (QED) is 0.628. The first-order valence-electron chi connectivity index (χ1n) is 5.41. The molecule has 1 rings (SSSR count). The molecule has 76 valence electrons. The molecule has 0 bridgehead atoms. The van der Waals surface area contributed by atoms with Crippen LogP contribution in [0.1, 0.15) is 52.4 Å². The maximum atomic E-state index is 11.0. The van der Waals surface area contributed by atoms with Crippen molar-refractivity contribution in [2.45, 2.75) is 58.5 Å². The van der Waals surface area contributed by atoms with Gasteiger partial charge in [-0.25, -0.2) is 0 Å². The summed E-state index contributed by atoms with van der Waals surface area (Å²) in [5, 5.41) is 0. The molecule has 1 unspecified atom stereocenters. The summed E-state index contributed by atoms with van der Waals surface area (Å²) >= 11 is 0. The Morgan fingerprint density at radius 3 is 2.62 bits per heavy atom. The van der Waals surface area contributed by atoms with Crippen molar-refractivity contribution >= 4 is 5.97 Å². The normalized spacial score (nSPS) is 20.2. The lowest BCUT2D eigenvalue weighted by molar-refractivity contribution is -0.148. The highest BCUT2D eigenvalue weighted by Crippen LogP contribution is 2.29. The molecule has 1 aliphatic rings. The molecule has 0 amide bonds. The van der Waals surface area contributed by atoms with Gasteiger partial charge in [0.25, 0.3) is 0 Å². The number of carbonyl (C=O) groups is 1. The average molecular weight is 184 g/mol. The minimum Gasteiger partial charge on any atom is -0.463 e. The largest absolute Gasteiger partial charge is 0.463 e. The zero-order chi connectivity index (χ0) is 9.68. The van der Waals surface area contributed by atoms with E-state index in [0.717, 1.165) is 12.3 Å². The number of ether oxygens (including phenoxy) is 1. The van der Waals surface area contributed by atoms with Gasteiger partial charge in [-0.05, 0) is 19.3 Å². The third kappa shape index (κ3) is 3.79. The molecule has 0 aliphatic heterocycles. The van der Waals surface area contributed by atoms with E-state index in [-0.39, 0.29) is 12.1 Å². The maximum absolute atomic E-state index is 11.0. The fourth-order valence-corrected chi connectivity index (χ4v) is 2.07. The Kier molecular flexibility index (Phi) is 4.26. The van der Waals surface area contributed by atoms with E-state index >= 15 is 0 Å². The molecule has 2 heteroatoms. The van der Waals surface area contributed by atoms with Crippen LogP contribution in [-0.2, 0) is 9.53 Å². The van der Waals surface area contributed by atoms with Gasteiger partial charge in [0.2, 0.25) is 0 Å². The van der Waals surface area contributed by atoms with Crippen LogP contribution in [0.2, 0.25) is 0 Å². The number of hydrogen-bond acceptors (Lipinski definition) is 2. The van der Waals surface area contributed by atoms with E-state index in [1.807, 2.05) is 13.8 Å². The van der Waals surface area contributed by atoms with Crippen LogP contribution >= 0.6 is 0 Å². The van der Waals surface area contributed by atoms with Crippen LogP contribution in [0, 0.1) is 5.92 Å². The lowest BCUT2D eigenvalue weighted by atomic mass is 10.0. The van der Waals surface area contributed by atoms with Gasteiger partial charge >= 0.3 is 5.97 Å². The summed E-state index contributed by atoms with van der Waals surface area (Å²) in [5.41, 5.74) is 0. The second-order valence-electron chi connectivity index (χ2n) is 4.04. The van der Waals surface area contributed by atoms with Gasteiger partial charge in [-0.1, -0.05) is 32.6 Å². The highest BCUT2D eigenvalue weighted by atomic mass is 16.5. The van der Waals surface area contributed by atoms with Gasteiger partial charge in [-0.2, -0.15) is 0 Å². The second kappa shape index (κ2) is 5.25. The Hall–Kier alpha value is -0.530. The lowest BCUT2D eigenvalue weighted by Gasteiger charge is -2.16. The van der Waals surface area contributed by atoms with E-state index in [2.05, 4.69) is 0 Å². The summed E-state index contributed by atoms with van der Waals surface area (Å²) in [4.78, 5) is 11.0. The van der Waals surface area contributed by atoms with Crippen molar-refractivity contribution in [2.75, 3.05) is 0 Å². The molecule has 0 aromatic heterocycles. The van der Waals surface area contributed by atoms with Crippen molar-refractivity contribution in [2.24, 2.45) is 5.92 Å². The number of hydrogen-bond donors (Lipinski definition) is 0. The Morgan fingerprint density at radius 2 is 2.08 bits per heavy atom. The highest BCUT2D eigenvalue weighted by Gasteiger charge is 2.19. The highest BCUT2D eigenvalue weighted by molar-refractivity contribution is 5.69. The molecular formula is C11H20O2. The molecular weight excluding hydrogens is 164 g/mol. The molecule has 0 aromatic rings. The predicted octanol–water partition coefficient (Wildman–Crippen LogP) is 2.91. The van der Waals surface area contributed by atoms with Gasteiger partial charge in [0.05, 0.1) is 6.10 Å². The van der Waals surface area contributed by atoms with E-state index in [9.17, 15) is 4.79 Å². The van der Waals surface area contributed by atoms with Crippen LogP contribution in [0.3, 0.4) is 0 Å². The summed E-state index contributed by atoms with van der Waals surface area (Å²) in [6, 6.07) is 0. The van der Waals surface area contributed by atoms with Gasteiger partial charge in [0.1, 0.15) is 0 Å². The molecule has 1 atom stereocenters. The molecule has 0 saturated heterocycles. The van der Waals surface area contributed by atoms with Crippen molar-refractivity contribution in [3.05, 3.63) is 0 Å². The molecule has 0 aromatic carbocycles. The van der Waals surface area contributed by atoms with Gasteiger partial charge in [-0.15, -0.1) is 0 Å². The summed E-state index contributed by atoms with van der Waals surface area (Å²) in [6.45, 7) is 3.84. The van der Waals surface area contributed by atoms with Gasteiger partial charge in [0.15, 0.2) is 0 Å². The molecule has 13 heavy (non-hydrogen) atoms. The van der Waals surface area contributed by atoms with E-state index in [1.54, 1.807) is 0 Å². The SMILES string of the molecule is CCC(=O)OC(C)CC1CCCC1. The Morgan fingerprint density at radius 1 is 1.46 bits per heavy atom. The van der Waals surface area contributed by atoms with E-state index in [1.165, 1.54) is 25.7 Å². The van der Waals surface area contributed by atoms with Crippen molar-refractivity contribution < 1.29 is 9.53 Å². The summed E-state index contributed by atoms with van der Waals surface area (Å²) in [7, 11) is 0. The average Bonchev–Trinajstić information content (AvgIpc) is 2.56. The van der Waals surface area contributed by atoms with Crippen LogP contribution in [0.5, 0.6) is 0 Å². The molecule has 0 spiro atoms. The number of carbonyl (C=O) groups excluding carboxylic acids is 1. The van der Waals surface area contributed by atoms with Crippen molar-refractivity contribution in [1.29, 1.82) is 0 Å². The van der Waals surface area contributed by atoms with Crippen molar-refractivity contribution in [3.8, 4) is 0 Å². The molecule has 0 radical (unpaired) electrons. The maximum Gasteiger partial charge on any atom is 0.305 e. The fraction of sp³-hybridized carbons (Fsp3) is 0.909. The molecule has 0 N–H and O–H groups in total. The van der Waals surface area contributed by atoms with Crippen molar-refractivity contribution in [3.63, 3.8) is 0 Å². The predicted molar refractivity (Wildman–Crippen MR) is 52.4 cm³/mol. The van der Waals surface area contributed by atoms with E-state index < -0.39 is 0 Å². The Balaban J connectivity index is 2.16. The third-order valence-electron chi connectivity index (χ3n) is 2.76. The summed E-state index contributed by atoms with van der Waals surface area (Å²) in [6.07, 6.45) is 7.05. The van der Waals surface area contributed by atoms with Crippen LogP contribution < -0.4 is 0 Å². The molecule has 1 saturated carbocycles. The number of rotatable bonds is 4. The summed E-state index contributed by atoms with van der Waals surface area (Å²) in [5.74, 6) is 0.741. The minimum atomic E-state index is -0.0644. The topological polar surface area (TPSA) is 26.3 Å². The number of esters is 1. The van der Waals surface area contributed by atoms with Gasteiger partial charge < -0.3 is 4.74 Å². The molecule has 1 fully saturated rings. The van der Waals surface area contributed by atoms with Crippen LogP contribution in [0.15, 0.2) is 0 Å². The molecule has 2 nitrogen and oxygen atoms in total. The summed E-state index contributed by atoms with van der Waals surface area (Å²) < 4.78 is 5.22. The zero-order valence-electron chi connectivity index (χ0n) is 8.71. The van der Waals surface area contributed by atoms with Crippen LogP contribution in [-0.4, -0.2) is 12.1 Å². The fourth-order valence-electron chi connectivity index (χ4n) is 2.07. The van der Waals surface area contributed by atoms with Gasteiger partial charge in [0, 0.05) is 6.42 Å². The van der Waals surface area contributed by atoms with Gasteiger partial charge in [-0.3, -0.25) is 4.79 Å². The molecule has 1 aliphatic carbocycles. The van der Waals surface area contributed by atoms with Crippen molar-refractivity contribution in [1.82, 2.24) is 0 Å². The third-order valence-corrected chi connectivity index (χ3v) is 2.76. The second-order valence-corrected chi connectivity index (χ2v) is 4.04. The lowest BCUT2D eigenvalue weighted by Crippen LogP contribution is -2.16. The minimum absolute atomic E-state index is 0.0644. The first kappa shape index (κ1) is 10.6. The molecule has 0 heterocycles. The Bertz CT molecular complexity index is 159. The van der Waals surface area contributed by atoms with Crippen LogP contribution in [0.25, 0.3) is 0 Å².